The summed E-state index contributed by atoms with van der Waals surface area (Å²) >= 11 is 0. The molecule has 0 saturated carbocycles. The van der Waals surface area contributed by atoms with Gasteiger partial charge >= 0.3 is 0 Å². The van der Waals surface area contributed by atoms with Crippen molar-refractivity contribution in [3.8, 4) is 11.1 Å². The van der Waals surface area contributed by atoms with Crippen molar-refractivity contribution < 1.29 is 4.79 Å². The average Bonchev–Trinajstić information content (AvgIpc) is 2.87. The molecular weight excluding hydrogens is 304 g/mol. The maximum Gasteiger partial charge on any atom is 0.134 e. The molecule has 0 saturated heterocycles. The zero-order valence-corrected chi connectivity index (χ0v) is 15.1. The second kappa shape index (κ2) is 7.94. The minimum atomic E-state index is -0.109. The molecule has 1 aliphatic rings. The first kappa shape index (κ1) is 18.7. The highest BCUT2D eigenvalue weighted by atomic mass is 16.1. The Morgan fingerprint density at radius 2 is 1.56 bits per heavy atom. The third-order valence-electron chi connectivity index (χ3n) is 4.77. The van der Waals surface area contributed by atoms with E-state index in [0.717, 1.165) is 18.4 Å². The number of fused-ring (bicyclic) bond motifs is 3. The van der Waals surface area contributed by atoms with Gasteiger partial charge < -0.3 is 0 Å². The summed E-state index contributed by atoms with van der Waals surface area (Å²) in [5.74, 6) is 0.193. The average molecular weight is 330 g/mol. The Kier molecular flexibility index (Phi) is 5.93. The van der Waals surface area contributed by atoms with Crippen LogP contribution in [0.3, 0.4) is 0 Å². The number of rotatable bonds is 6. The molecule has 0 spiro atoms. The second-order valence-electron chi connectivity index (χ2n) is 6.37. The first-order valence-corrected chi connectivity index (χ1v) is 8.57. The van der Waals surface area contributed by atoms with E-state index in [-0.39, 0.29) is 11.2 Å². The number of benzene rings is 2. The van der Waals surface area contributed by atoms with E-state index in [0.29, 0.717) is 6.42 Å². The highest BCUT2D eigenvalue weighted by molar-refractivity contribution is 5.83. The second-order valence-corrected chi connectivity index (χ2v) is 6.37. The molecule has 0 N–H and O–H groups in total. The van der Waals surface area contributed by atoms with Gasteiger partial charge in [-0.2, -0.15) is 0 Å². The van der Waals surface area contributed by atoms with E-state index >= 15 is 0 Å². The Balaban J connectivity index is 0.00000109. The lowest BCUT2D eigenvalue weighted by Gasteiger charge is -2.30. The molecule has 0 radical (unpaired) electrons. The molecular formula is C24H26O. The monoisotopic (exact) mass is 330 g/mol. The van der Waals surface area contributed by atoms with Crippen LogP contribution in [0.25, 0.3) is 11.1 Å². The Bertz CT molecular complexity index is 787. The van der Waals surface area contributed by atoms with Crippen molar-refractivity contribution in [2.75, 3.05) is 0 Å². The van der Waals surface area contributed by atoms with Crippen molar-refractivity contribution in [1.82, 2.24) is 0 Å². The molecule has 0 fully saturated rings. The first-order chi connectivity index (χ1) is 12.1. The molecule has 0 unspecified atom stereocenters. The Morgan fingerprint density at radius 3 is 2.16 bits per heavy atom. The molecule has 0 atom stereocenters. The number of hydrogen-bond acceptors (Lipinski definition) is 1. The molecule has 1 aliphatic carbocycles. The van der Waals surface area contributed by atoms with Gasteiger partial charge in [0, 0.05) is 11.8 Å². The maximum atomic E-state index is 11.5. The topological polar surface area (TPSA) is 17.1 Å². The predicted molar refractivity (Wildman–Crippen MR) is 108 cm³/mol. The van der Waals surface area contributed by atoms with E-state index in [4.69, 9.17) is 0 Å². The van der Waals surface area contributed by atoms with Gasteiger partial charge in [0.15, 0.2) is 0 Å². The van der Waals surface area contributed by atoms with Gasteiger partial charge in [-0.25, -0.2) is 0 Å². The molecule has 1 heteroatoms. The summed E-state index contributed by atoms with van der Waals surface area (Å²) in [5.41, 5.74) is 6.19. The molecule has 0 aromatic heterocycles. The number of ketones is 1. The van der Waals surface area contributed by atoms with Crippen molar-refractivity contribution >= 4 is 5.78 Å². The minimum Gasteiger partial charge on any atom is -0.300 e. The van der Waals surface area contributed by atoms with Crippen LogP contribution in [0, 0.1) is 0 Å². The third-order valence-corrected chi connectivity index (χ3v) is 4.77. The van der Waals surface area contributed by atoms with Crippen LogP contribution in [0.1, 0.15) is 36.5 Å². The fourth-order valence-electron chi connectivity index (χ4n) is 3.92. The maximum absolute atomic E-state index is 11.5. The minimum absolute atomic E-state index is 0.109. The molecule has 0 amide bonds. The first-order valence-electron chi connectivity index (χ1n) is 8.57. The van der Waals surface area contributed by atoms with Crippen molar-refractivity contribution in [3.63, 3.8) is 0 Å². The van der Waals surface area contributed by atoms with E-state index < -0.39 is 0 Å². The summed E-state index contributed by atoms with van der Waals surface area (Å²) in [7, 11) is 0. The smallest absolute Gasteiger partial charge is 0.134 e. The van der Waals surface area contributed by atoms with E-state index in [9.17, 15) is 4.79 Å². The summed E-state index contributed by atoms with van der Waals surface area (Å²) in [6, 6.07) is 15.0. The van der Waals surface area contributed by atoms with Gasteiger partial charge in [-0.1, -0.05) is 54.6 Å². The van der Waals surface area contributed by atoms with Gasteiger partial charge in [-0.3, -0.25) is 4.79 Å². The highest BCUT2D eigenvalue weighted by Crippen LogP contribution is 2.53. The molecule has 0 heterocycles. The van der Waals surface area contributed by atoms with E-state index in [1.165, 1.54) is 22.3 Å². The quantitative estimate of drug-likeness (QED) is 0.590. The molecule has 0 bridgehead atoms. The van der Waals surface area contributed by atoms with Crippen LogP contribution in [-0.4, -0.2) is 5.78 Å². The van der Waals surface area contributed by atoms with Crippen molar-refractivity contribution in [2.45, 2.75) is 31.6 Å². The van der Waals surface area contributed by atoms with Gasteiger partial charge in [0.25, 0.3) is 0 Å². The molecule has 2 aromatic carbocycles. The Morgan fingerprint density at radius 1 is 0.960 bits per heavy atom. The van der Waals surface area contributed by atoms with E-state index in [1.807, 2.05) is 12.2 Å². The van der Waals surface area contributed by atoms with Gasteiger partial charge in [-0.05, 0) is 47.6 Å². The van der Waals surface area contributed by atoms with E-state index in [2.05, 4.69) is 68.8 Å². The van der Waals surface area contributed by atoms with Gasteiger partial charge in [0.05, 0.1) is 0 Å². The summed E-state index contributed by atoms with van der Waals surface area (Å²) in [6.45, 7) is 15.6. The zero-order chi connectivity index (χ0) is 18.4. The van der Waals surface area contributed by atoms with Crippen molar-refractivity contribution in [2.24, 2.45) is 0 Å². The van der Waals surface area contributed by atoms with Crippen LogP contribution >= 0.6 is 0 Å². The highest BCUT2D eigenvalue weighted by Gasteiger charge is 2.41. The third kappa shape index (κ3) is 3.28. The largest absolute Gasteiger partial charge is 0.300 e. The number of carbonyl (C=O) groups excluding carboxylic acids is 1. The molecule has 0 aliphatic heterocycles. The SMILES string of the molecule is C=C.C=CCC1(CC=C)c2ccccc2-c2ccc(CC(C)=O)cc21. The number of Topliss-reactive ketones (excluding diaryl/α,β-unsaturated/α-hetero) is 1. The Labute approximate surface area is 151 Å². The van der Waals surface area contributed by atoms with Gasteiger partial charge in [-0.15, -0.1) is 26.3 Å². The Hall–Kier alpha value is -2.67. The van der Waals surface area contributed by atoms with Gasteiger partial charge in [0.1, 0.15) is 5.78 Å². The number of carbonyl (C=O) groups is 1. The standard InChI is InChI=1S/C22H22O.C2H4/c1-4-12-22(13-5-2)20-9-7-6-8-18(20)19-11-10-17(14-16(3)23)15-21(19)22;1-2/h4-11,15H,1-2,12-14H2,3H3;1-2H2. The van der Waals surface area contributed by atoms with Crippen molar-refractivity contribution in [1.29, 1.82) is 0 Å². The fourth-order valence-corrected chi connectivity index (χ4v) is 3.92. The summed E-state index contributed by atoms with van der Waals surface area (Å²) < 4.78 is 0. The van der Waals surface area contributed by atoms with Crippen LogP contribution in [0.5, 0.6) is 0 Å². The molecule has 128 valence electrons. The fraction of sp³-hybridized carbons (Fsp3) is 0.208. The molecule has 1 nitrogen and oxygen atoms in total. The number of allylic oxidation sites excluding steroid dienone is 2. The van der Waals surface area contributed by atoms with E-state index in [1.54, 1.807) is 6.92 Å². The zero-order valence-electron chi connectivity index (χ0n) is 15.1. The van der Waals surface area contributed by atoms with Crippen LogP contribution in [-0.2, 0) is 16.6 Å². The predicted octanol–water partition coefficient (Wildman–Crippen LogP) is 6.04. The molecule has 25 heavy (non-hydrogen) atoms. The normalized spacial score (nSPS) is 13.0. The van der Waals surface area contributed by atoms with Crippen LogP contribution in [0.4, 0.5) is 0 Å². The van der Waals surface area contributed by atoms with Crippen LogP contribution in [0.2, 0.25) is 0 Å². The number of hydrogen-bond donors (Lipinski definition) is 0. The summed E-state index contributed by atoms with van der Waals surface area (Å²) in [6.07, 6.45) is 6.21. The van der Waals surface area contributed by atoms with Crippen molar-refractivity contribution in [3.05, 3.63) is 97.6 Å². The van der Waals surface area contributed by atoms with Gasteiger partial charge in [0.2, 0.25) is 0 Å². The molecule has 3 rings (SSSR count). The molecule has 2 aromatic rings. The lowest BCUT2D eigenvalue weighted by molar-refractivity contribution is -0.116. The summed E-state index contributed by atoms with van der Waals surface area (Å²) in [5, 5.41) is 0. The van der Waals surface area contributed by atoms with Crippen LogP contribution in [0.15, 0.2) is 80.9 Å². The lowest BCUT2D eigenvalue weighted by Crippen LogP contribution is -2.24. The lowest BCUT2D eigenvalue weighted by atomic mass is 9.72. The summed E-state index contributed by atoms with van der Waals surface area (Å²) in [4.78, 5) is 11.5. The van der Waals surface area contributed by atoms with Crippen LogP contribution < -0.4 is 0 Å².